The summed E-state index contributed by atoms with van der Waals surface area (Å²) in [5.41, 5.74) is 3.16. The molecule has 1 amide bonds. The van der Waals surface area contributed by atoms with Gasteiger partial charge >= 0.3 is 0 Å². The fourth-order valence-corrected chi connectivity index (χ4v) is 3.70. The molecule has 1 unspecified atom stereocenters. The van der Waals surface area contributed by atoms with E-state index in [0.29, 0.717) is 11.3 Å². The van der Waals surface area contributed by atoms with Crippen molar-refractivity contribution < 1.29 is 4.79 Å². The van der Waals surface area contributed by atoms with Crippen molar-refractivity contribution in [3.05, 3.63) is 82.4 Å². The van der Waals surface area contributed by atoms with Gasteiger partial charge in [-0.05, 0) is 49.1 Å². The molecule has 0 saturated carbocycles. The normalized spacial score (nSPS) is 16.8. The van der Waals surface area contributed by atoms with Crippen LogP contribution in [0.15, 0.2) is 65.7 Å². The predicted octanol–water partition coefficient (Wildman–Crippen LogP) is 3.21. The van der Waals surface area contributed by atoms with E-state index in [9.17, 15) is 9.59 Å². The molecule has 6 nitrogen and oxygen atoms in total. The molecule has 1 fully saturated rings. The Balaban J connectivity index is 1.58. The molecule has 1 aromatic carbocycles. The summed E-state index contributed by atoms with van der Waals surface area (Å²) in [7, 11) is 1.62. The second-order valence-electron chi connectivity index (χ2n) is 7.05. The van der Waals surface area contributed by atoms with Crippen molar-refractivity contribution in [3.63, 3.8) is 0 Å². The first-order valence-corrected chi connectivity index (χ1v) is 9.49. The van der Waals surface area contributed by atoms with E-state index in [4.69, 9.17) is 0 Å². The highest BCUT2D eigenvalue weighted by Crippen LogP contribution is 2.32. The maximum atomic E-state index is 13.2. The van der Waals surface area contributed by atoms with Gasteiger partial charge in [0.05, 0.1) is 11.7 Å². The van der Waals surface area contributed by atoms with Crippen LogP contribution in [0.25, 0.3) is 11.3 Å². The van der Waals surface area contributed by atoms with Crippen LogP contribution < -0.4 is 5.56 Å². The molecule has 0 radical (unpaired) electrons. The minimum absolute atomic E-state index is 0.0357. The van der Waals surface area contributed by atoms with Gasteiger partial charge in [0.2, 0.25) is 0 Å². The first kappa shape index (κ1) is 18.1. The third-order valence-corrected chi connectivity index (χ3v) is 5.22. The van der Waals surface area contributed by atoms with Crippen molar-refractivity contribution in [2.45, 2.75) is 25.3 Å². The van der Waals surface area contributed by atoms with Gasteiger partial charge in [0, 0.05) is 43.2 Å². The SMILES string of the molecule is Cn1nc(-c2ccc(C(=O)N3CCCCC3c3cccnc3)cc2)ccc1=O. The second-order valence-corrected chi connectivity index (χ2v) is 7.05. The molecule has 0 N–H and O–H groups in total. The topological polar surface area (TPSA) is 68.1 Å². The number of nitrogens with zero attached hydrogens (tertiary/aromatic N) is 4. The highest BCUT2D eigenvalue weighted by molar-refractivity contribution is 5.95. The van der Waals surface area contributed by atoms with Gasteiger partial charge in [-0.2, -0.15) is 5.10 Å². The van der Waals surface area contributed by atoms with Crippen LogP contribution in [-0.4, -0.2) is 32.1 Å². The molecule has 0 aliphatic carbocycles. The maximum absolute atomic E-state index is 13.2. The summed E-state index contributed by atoms with van der Waals surface area (Å²) in [4.78, 5) is 30.9. The molecule has 1 aliphatic rings. The van der Waals surface area contributed by atoms with Crippen molar-refractivity contribution >= 4 is 5.91 Å². The minimum atomic E-state index is -0.151. The van der Waals surface area contributed by atoms with Gasteiger partial charge in [-0.1, -0.05) is 18.2 Å². The van der Waals surface area contributed by atoms with Crippen LogP contribution >= 0.6 is 0 Å². The fourth-order valence-electron chi connectivity index (χ4n) is 3.70. The van der Waals surface area contributed by atoms with E-state index < -0.39 is 0 Å². The Kier molecular flexibility index (Phi) is 5.02. The zero-order valence-electron chi connectivity index (χ0n) is 15.8. The molecule has 3 heterocycles. The number of carbonyl (C=O) groups is 1. The summed E-state index contributed by atoms with van der Waals surface area (Å²) in [6.07, 6.45) is 6.69. The molecule has 142 valence electrons. The van der Waals surface area contributed by atoms with Crippen LogP contribution in [0.2, 0.25) is 0 Å². The lowest BCUT2D eigenvalue weighted by Gasteiger charge is -2.36. The van der Waals surface area contributed by atoms with Gasteiger partial charge in [0.1, 0.15) is 0 Å². The maximum Gasteiger partial charge on any atom is 0.266 e. The first-order chi connectivity index (χ1) is 13.6. The third kappa shape index (κ3) is 3.58. The van der Waals surface area contributed by atoms with E-state index >= 15 is 0 Å². The molecule has 0 spiro atoms. The van der Waals surface area contributed by atoms with Crippen molar-refractivity contribution in [2.24, 2.45) is 7.05 Å². The van der Waals surface area contributed by atoms with Gasteiger partial charge in [-0.25, -0.2) is 4.68 Å². The van der Waals surface area contributed by atoms with Crippen molar-refractivity contribution in [3.8, 4) is 11.3 Å². The average Bonchev–Trinajstić information content (AvgIpc) is 2.76. The lowest BCUT2D eigenvalue weighted by Crippen LogP contribution is -2.38. The van der Waals surface area contributed by atoms with E-state index in [1.807, 2.05) is 47.5 Å². The average molecular weight is 374 g/mol. The van der Waals surface area contributed by atoms with E-state index in [-0.39, 0.29) is 17.5 Å². The molecule has 28 heavy (non-hydrogen) atoms. The largest absolute Gasteiger partial charge is 0.332 e. The van der Waals surface area contributed by atoms with E-state index in [2.05, 4.69) is 10.1 Å². The standard InChI is InChI=1S/C22H22N4O2/c1-25-21(27)12-11-19(24-25)16-7-9-17(10-8-16)22(28)26-14-3-2-6-20(26)18-5-4-13-23-15-18/h4-5,7-13,15,20H,2-3,6,14H2,1H3. The number of pyridine rings is 1. The van der Waals surface area contributed by atoms with E-state index in [0.717, 1.165) is 36.9 Å². The van der Waals surface area contributed by atoms with Crippen LogP contribution in [0, 0.1) is 0 Å². The number of likely N-dealkylation sites (tertiary alicyclic amines) is 1. The zero-order valence-corrected chi connectivity index (χ0v) is 15.8. The number of rotatable bonds is 3. The van der Waals surface area contributed by atoms with Crippen LogP contribution in [0.3, 0.4) is 0 Å². The Labute approximate surface area is 163 Å². The molecular weight excluding hydrogens is 352 g/mol. The lowest BCUT2D eigenvalue weighted by molar-refractivity contribution is 0.0611. The minimum Gasteiger partial charge on any atom is -0.332 e. The van der Waals surface area contributed by atoms with Crippen LogP contribution in [0.1, 0.15) is 41.2 Å². The molecule has 3 aromatic rings. The number of aromatic nitrogens is 3. The highest BCUT2D eigenvalue weighted by atomic mass is 16.2. The smallest absolute Gasteiger partial charge is 0.266 e. The highest BCUT2D eigenvalue weighted by Gasteiger charge is 2.28. The Morgan fingerprint density at radius 1 is 1.07 bits per heavy atom. The van der Waals surface area contributed by atoms with Gasteiger partial charge in [0.15, 0.2) is 0 Å². The summed E-state index contributed by atoms with van der Waals surface area (Å²) in [5, 5.41) is 4.26. The van der Waals surface area contributed by atoms with E-state index in [1.165, 1.54) is 10.7 Å². The van der Waals surface area contributed by atoms with Gasteiger partial charge in [-0.15, -0.1) is 0 Å². The molecule has 2 aromatic heterocycles. The summed E-state index contributed by atoms with van der Waals surface area (Å²) in [6.45, 7) is 0.752. The molecule has 1 atom stereocenters. The number of amides is 1. The number of aryl methyl sites for hydroxylation is 1. The van der Waals surface area contributed by atoms with Crippen molar-refractivity contribution in [2.75, 3.05) is 6.54 Å². The monoisotopic (exact) mass is 374 g/mol. The van der Waals surface area contributed by atoms with Crippen LogP contribution in [-0.2, 0) is 7.05 Å². The molecule has 6 heteroatoms. The molecule has 0 bridgehead atoms. The Bertz CT molecular complexity index is 1030. The predicted molar refractivity (Wildman–Crippen MR) is 107 cm³/mol. The Morgan fingerprint density at radius 3 is 2.61 bits per heavy atom. The Hall–Kier alpha value is -3.28. The number of hydrogen-bond acceptors (Lipinski definition) is 4. The first-order valence-electron chi connectivity index (χ1n) is 9.49. The second kappa shape index (κ2) is 7.76. The van der Waals surface area contributed by atoms with Crippen LogP contribution in [0.4, 0.5) is 0 Å². The summed E-state index contributed by atoms with van der Waals surface area (Å²) < 4.78 is 1.31. The van der Waals surface area contributed by atoms with Gasteiger partial charge in [-0.3, -0.25) is 14.6 Å². The number of carbonyl (C=O) groups excluding carboxylic acids is 1. The van der Waals surface area contributed by atoms with Crippen molar-refractivity contribution in [1.29, 1.82) is 0 Å². The zero-order chi connectivity index (χ0) is 19.5. The molecule has 1 saturated heterocycles. The fraction of sp³-hybridized carbons (Fsp3) is 0.273. The summed E-state index contributed by atoms with van der Waals surface area (Å²) >= 11 is 0. The Morgan fingerprint density at radius 2 is 1.89 bits per heavy atom. The number of hydrogen-bond donors (Lipinski definition) is 0. The summed E-state index contributed by atoms with van der Waals surface area (Å²) in [5.74, 6) is 0.0357. The van der Waals surface area contributed by atoms with Crippen molar-refractivity contribution in [1.82, 2.24) is 19.7 Å². The molecule has 1 aliphatic heterocycles. The van der Waals surface area contributed by atoms with E-state index in [1.54, 1.807) is 19.3 Å². The summed E-state index contributed by atoms with van der Waals surface area (Å²) in [6, 6.07) is 14.6. The third-order valence-electron chi connectivity index (χ3n) is 5.22. The number of benzene rings is 1. The number of piperidine rings is 1. The molecular formula is C22H22N4O2. The van der Waals surface area contributed by atoms with Crippen LogP contribution in [0.5, 0.6) is 0 Å². The van der Waals surface area contributed by atoms with Gasteiger partial charge in [0.25, 0.3) is 11.5 Å². The lowest BCUT2D eigenvalue weighted by atomic mass is 9.95. The quantitative estimate of drug-likeness (QED) is 0.706. The molecule has 4 rings (SSSR count). The van der Waals surface area contributed by atoms with Gasteiger partial charge < -0.3 is 4.90 Å².